The first kappa shape index (κ1) is 27.2. The van der Waals surface area contributed by atoms with E-state index in [2.05, 4.69) is 9.97 Å². The molecule has 0 spiro atoms. The van der Waals surface area contributed by atoms with Crippen molar-refractivity contribution in [1.29, 1.82) is 10.5 Å². The highest BCUT2D eigenvalue weighted by Crippen LogP contribution is 2.32. The fourth-order valence-corrected chi connectivity index (χ4v) is 6.36. The minimum atomic E-state index is -3.96. The second-order valence-electron chi connectivity index (χ2n) is 8.11. The summed E-state index contributed by atoms with van der Waals surface area (Å²) < 4.78 is 28.2. The third-order valence-corrected chi connectivity index (χ3v) is 8.75. The fraction of sp³-hybridized carbons (Fsp3) is 0.192. The van der Waals surface area contributed by atoms with Gasteiger partial charge in [0, 0.05) is 48.9 Å². The van der Waals surface area contributed by atoms with E-state index in [1.54, 1.807) is 36.7 Å². The van der Waals surface area contributed by atoms with Crippen LogP contribution in [0, 0.1) is 22.7 Å². The Labute approximate surface area is 229 Å². The van der Waals surface area contributed by atoms with E-state index >= 15 is 0 Å². The molecule has 2 aromatic carbocycles. The van der Waals surface area contributed by atoms with Gasteiger partial charge in [0.15, 0.2) is 5.13 Å². The topological polar surface area (TPSA) is 131 Å². The predicted octanol–water partition coefficient (Wildman–Crippen LogP) is 5.01. The molecule has 0 aliphatic rings. The molecule has 0 N–H and O–H groups in total. The first-order valence-electron chi connectivity index (χ1n) is 11.4. The smallest absolute Gasteiger partial charge is 0.260 e. The number of carbonyl (C=O) groups excluding carboxylic acids is 1. The number of sulfonamides is 1. The molecule has 0 bridgehead atoms. The van der Waals surface area contributed by atoms with E-state index in [4.69, 9.17) is 22.1 Å². The van der Waals surface area contributed by atoms with Crippen LogP contribution in [-0.4, -0.2) is 41.7 Å². The highest BCUT2D eigenvalue weighted by molar-refractivity contribution is 7.89. The van der Waals surface area contributed by atoms with Crippen LogP contribution < -0.4 is 4.90 Å². The van der Waals surface area contributed by atoms with Crippen LogP contribution in [0.4, 0.5) is 5.13 Å². The minimum Gasteiger partial charge on any atom is -0.279 e. The Kier molecular flexibility index (Phi) is 8.66. The van der Waals surface area contributed by atoms with E-state index in [1.807, 2.05) is 18.2 Å². The number of anilines is 1. The van der Waals surface area contributed by atoms with Gasteiger partial charge >= 0.3 is 0 Å². The average Bonchev–Trinajstić information content (AvgIpc) is 3.35. The van der Waals surface area contributed by atoms with Gasteiger partial charge < -0.3 is 0 Å². The summed E-state index contributed by atoms with van der Waals surface area (Å²) in [7, 11) is -3.96. The molecule has 12 heteroatoms. The van der Waals surface area contributed by atoms with Gasteiger partial charge in [0.25, 0.3) is 5.91 Å². The number of hydrogen-bond acceptors (Lipinski definition) is 8. The summed E-state index contributed by atoms with van der Waals surface area (Å²) in [5.74, 6) is -0.367. The highest BCUT2D eigenvalue weighted by atomic mass is 35.5. The van der Waals surface area contributed by atoms with Crippen molar-refractivity contribution in [2.75, 3.05) is 18.0 Å². The zero-order valence-electron chi connectivity index (χ0n) is 20.0. The van der Waals surface area contributed by atoms with Crippen molar-refractivity contribution in [3.63, 3.8) is 0 Å². The van der Waals surface area contributed by atoms with Gasteiger partial charge in [0.1, 0.15) is 0 Å². The van der Waals surface area contributed by atoms with Crippen LogP contribution in [0.3, 0.4) is 0 Å². The molecule has 1 amide bonds. The average molecular weight is 565 g/mol. The summed E-state index contributed by atoms with van der Waals surface area (Å²) >= 11 is 7.45. The van der Waals surface area contributed by atoms with Crippen LogP contribution in [0.2, 0.25) is 5.02 Å². The lowest BCUT2D eigenvalue weighted by Gasteiger charge is -2.21. The molecule has 0 atom stereocenters. The molecular formula is C26H21ClN6O3S2. The van der Waals surface area contributed by atoms with E-state index in [-0.39, 0.29) is 48.8 Å². The second kappa shape index (κ2) is 12.1. The molecule has 2 aromatic heterocycles. The van der Waals surface area contributed by atoms with Gasteiger partial charge in [-0.15, -0.1) is 0 Å². The molecule has 192 valence electrons. The summed E-state index contributed by atoms with van der Waals surface area (Å²) in [6, 6.07) is 18.4. The summed E-state index contributed by atoms with van der Waals surface area (Å²) in [6.07, 6.45) is 3.30. The summed E-state index contributed by atoms with van der Waals surface area (Å²) in [5.41, 5.74) is 1.77. The lowest BCUT2D eigenvalue weighted by molar-refractivity contribution is 0.0985. The van der Waals surface area contributed by atoms with Gasteiger partial charge in [-0.25, -0.2) is 13.4 Å². The number of benzene rings is 2. The maximum atomic E-state index is 13.7. The molecule has 0 saturated carbocycles. The Morgan fingerprint density at radius 1 is 1.03 bits per heavy atom. The standard InChI is InChI=1S/C26H21ClN6O3S2/c27-21-7-10-23-24(16-21)37-26(31-23)33(18-19-4-1-13-30-17-19)25(34)20-5-8-22(9-6-20)38(35,36)32(14-2-11-28)15-3-12-29/h1,4-10,13,16-17H,2-3,14-15,18H2. The summed E-state index contributed by atoms with van der Waals surface area (Å²) in [5, 5.41) is 18.8. The van der Waals surface area contributed by atoms with Crippen molar-refractivity contribution < 1.29 is 13.2 Å². The van der Waals surface area contributed by atoms with Crippen LogP contribution in [0.5, 0.6) is 0 Å². The van der Waals surface area contributed by atoms with E-state index < -0.39 is 10.0 Å². The number of rotatable bonds is 10. The molecule has 38 heavy (non-hydrogen) atoms. The zero-order valence-corrected chi connectivity index (χ0v) is 22.4. The van der Waals surface area contributed by atoms with E-state index in [1.165, 1.54) is 40.5 Å². The molecule has 0 radical (unpaired) electrons. The number of nitriles is 2. The van der Waals surface area contributed by atoms with E-state index in [9.17, 15) is 13.2 Å². The van der Waals surface area contributed by atoms with Crippen LogP contribution in [-0.2, 0) is 16.6 Å². The summed E-state index contributed by atoms with van der Waals surface area (Å²) in [6.45, 7) is 0.153. The SMILES string of the molecule is N#CCCN(CCC#N)S(=O)(=O)c1ccc(C(=O)N(Cc2cccnc2)c2nc3ccc(Cl)cc3s2)cc1. The van der Waals surface area contributed by atoms with Gasteiger partial charge in [-0.2, -0.15) is 14.8 Å². The number of hydrogen-bond donors (Lipinski definition) is 0. The van der Waals surface area contributed by atoms with Crippen LogP contribution in [0.1, 0.15) is 28.8 Å². The lowest BCUT2D eigenvalue weighted by atomic mass is 10.2. The number of pyridine rings is 1. The number of carbonyl (C=O) groups is 1. The van der Waals surface area contributed by atoms with Crippen LogP contribution in [0.15, 0.2) is 71.9 Å². The number of nitrogens with zero attached hydrogens (tertiary/aromatic N) is 6. The number of thiazole rings is 1. The minimum absolute atomic E-state index is 0.00207. The van der Waals surface area contributed by atoms with Crippen molar-refractivity contribution in [2.45, 2.75) is 24.3 Å². The summed E-state index contributed by atoms with van der Waals surface area (Å²) in [4.78, 5) is 23.9. The molecule has 0 aliphatic carbocycles. The van der Waals surface area contributed by atoms with Gasteiger partial charge in [0.05, 0.1) is 33.8 Å². The van der Waals surface area contributed by atoms with Crippen molar-refractivity contribution in [2.24, 2.45) is 0 Å². The quantitative estimate of drug-likeness (QED) is 0.264. The van der Waals surface area contributed by atoms with Gasteiger partial charge in [-0.05, 0) is 54.1 Å². The molecule has 4 rings (SSSR count). The maximum Gasteiger partial charge on any atom is 0.260 e. The number of fused-ring (bicyclic) bond motifs is 1. The van der Waals surface area contributed by atoms with Gasteiger partial charge in [-0.3, -0.25) is 14.7 Å². The normalized spacial score (nSPS) is 11.3. The molecule has 0 unspecified atom stereocenters. The molecule has 0 fully saturated rings. The Bertz CT molecular complexity index is 1610. The maximum absolute atomic E-state index is 13.7. The third kappa shape index (κ3) is 6.15. The molecular weight excluding hydrogens is 544 g/mol. The highest BCUT2D eigenvalue weighted by Gasteiger charge is 2.26. The second-order valence-corrected chi connectivity index (χ2v) is 11.5. The number of amides is 1. The Hall–Kier alpha value is -3.87. The van der Waals surface area contributed by atoms with Crippen molar-refractivity contribution >= 4 is 54.2 Å². The lowest BCUT2D eigenvalue weighted by Crippen LogP contribution is -2.33. The molecule has 0 saturated heterocycles. The molecule has 0 aliphatic heterocycles. The molecule has 9 nitrogen and oxygen atoms in total. The first-order chi connectivity index (χ1) is 18.3. The van der Waals surface area contributed by atoms with E-state index in [0.29, 0.717) is 15.7 Å². The Balaban J connectivity index is 1.66. The van der Waals surface area contributed by atoms with Crippen molar-refractivity contribution in [3.05, 3.63) is 83.1 Å². The van der Waals surface area contributed by atoms with Gasteiger partial charge in [0.2, 0.25) is 10.0 Å². The van der Waals surface area contributed by atoms with Crippen molar-refractivity contribution in [1.82, 2.24) is 14.3 Å². The largest absolute Gasteiger partial charge is 0.279 e. The van der Waals surface area contributed by atoms with E-state index in [0.717, 1.165) is 14.6 Å². The fourth-order valence-electron chi connectivity index (χ4n) is 3.68. The van der Waals surface area contributed by atoms with Crippen LogP contribution in [0.25, 0.3) is 10.2 Å². The predicted molar refractivity (Wildman–Crippen MR) is 145 cm³/mol. The number of halogens is 1. The van der Waals surface area contributed by atoms with Crippen LogP contribution >= 0.6 is 22.9 Å². The van der Waals surface area contributed by atoms with Gasteiger partial charge in [-0.1, -0.05) is 29.0 Å². The first-order valence-corrected chi connectivity index (χ1v) is 14.1. The Morgan fingerprint density at radius 2 is 1.74 bits per heavy atom. The third-order valence-electron chi connectivity index (χ3n) is 5.56. The Morgan fingerprint density at radius 3 is 2.37 bits per heavy atom. The zero-order chi connectivity index (χ0) is 27.1. The molecule has 2 heterocycles. The molecule has 4 aromatic rings. The van der Waals surface area contributed by atoms with Crippen molar-refractivity contribution in [3.8, 4) is 12.1 Å². The number of aromatic nitrogens is 2. The monoisotopic (exact) mass is 564 g/mol.